The highest BCUT2D eigenvalue weighted by Crippen LogP contribution is 2.16. The Morgan fingerprint density at radius 1 is 1.58 bits per heavy atom. The molecule has 2 N–H and O–H groups in total. The number of alkyl halides is 1. The number of aliphatic carboxylic acids is 1. The summed E-state index contributed by atoms with van der Waals surface area (Å²) < 4.78 is 17.4. The van der Waals surface area contributed by atoms with Gasteiger partial charge in [0.2, 0.25) is 5.91 Å². The van der Waals surface area contributed by atoms with Crippen LogP contribution in [-0.4, -0.2) is 58.9 Å². The van der Waals surface area contributed by atoms with E-state index in [1.807, 2.05) is 0 Å². The number of rotatable bonds is 4. The second kappa shape index (κ2) is 5.41. The van der Waals surface area contributed by atoms with Gasteiger partial charge in [0.1, 0.15) is 18.3 Å². The fraction of sp³-hybridized carbons (Fsp3) is 0.727. The highest BCUT2D eigenvalue weighted by Gasteiger charge is 2.44. The van der Waals surface area contributed by atoms with Crippen molar-refractivity contribution in [2.24, 2.45) is 0 Å². The lowest BCUT2D eigenvalue weighted by molar-refractivity contribution is -0.159. The van der Waals surface area contributed by atoms with Crippen LogP contribution in [-0.2, 0) is 14.3 Å². The molecule has 0 spiro atoms. The van der Waals surface area contributed by atoms with Crippen molar-refractivity contribution < 1.29 is 28.6 Å². The SMILES string of the molecule is CC(C)(C)OC(=O)N[C@H]1CN(C(CF)C(=O)O)C1=O. The molecule has 1 aliphatic heterocycles. The van der Waals surface area contributed by atoms with Gasteiger partial charge < -0.3 is 20.1 Å². The summed E-state index contributed by atoms with van der Waals surface area (Å²) in [6.07, 6.45) is -0.766. The van der Waals surface area contributed by atoms with E-state index in [0.717, 1.165) is 4.90 Å². The molecule has 1 unspecified atom stereocenters. The summed E-state index contributed by atoms with van der Waals surface area (Å²) in [7, 11) is 0. The van der Waals surface area contributed by atoms with Crippen molar-refractivity contribution in [2.45, 2.75) is 38.5 Å². The van der Waals surface area contributed by atoms with Crippen molar-refractivity contribution in [1.82, 2.24) is 10.2 Å². The van der Waals surface area contributed by atoms with E-state index in [2.05, 4.69) is 5.32 Å². The van der Waals surface area contributed by atoms with E-state index in [4.69, 9.17) is 9.84 Å². The van der Waals surface area contributed by atoms with Gasteiger partial charge in [-0.05, 0) is 20.8 Å². The van der Waals surface area contributed by atoms with Gasteiger partial charge in [0.05, 0.1) is 6.54 Å². The molecule has 0 bridgehead atoms. The minimum Gasteiger partial charge on any atom is -0.480 e. The van der Waals surface area contributed by atoms with Crippen molar-refractivity contribution in [1.29, 1.82) is 0 Å². The highest BCUT2D eigenvalue weighted by molar-refractivity contribution is 5.94. The topological polar surface area (TPSA) is 95.9 Å². The molecule has 1 fully saturated rings. The lowest BCUT2D eigenvalue weighted by Crippen LogP contribution is -2.68. The standard InChI is InChI=1S/C11H17FN2O5/c1-11(2,3)19-10(18)13-6-5-14(8(6)15)7(4-12)9(16)17/h6-7H,4-5H2,1-3H3,(H,13,18)(H,16,17)/t6-,7?/m0/s1. The molecule has 2 atom stereocenters. The van der Waals surface area contributed by atoms with E-state index >= 15 is 0 Å². The summed E-state index contributed by atoms with van der Waals surface area (Å²) in [4.78, 5) is 34.5. The number of carbonyl (C=O) groups is 3. The second-order valence-corrected chi connectivity index (χ2v) is 5.20. The van der Waals surface area contributed by atoms with Crippen molar-refractivity contribution in [3.8, 4) is 0 Å². The first-order valence-electron chi connectivity index (χ1n) is 5.74. The summed E-state index contributed by atoms with van der Waals surface area (Å²) in [5, 5.41) is 11.0. The molecular formula is C11H17FN2O5. The zero-order chi connectivity index (χ0) is 14.8. The fourth-order valence-electron chi connectivity index (χ4n) is 1.57. The van der Waals surface area contributed by atoms with Crippen molar-refractivity contribution in [3.63, 3.8) is 0 Å². The minimum absolute atomic E-state index is 0.0427. The molecule has 0 aromatic heterocycles. The third-order valence-electron chi connectivity index (χ3n) is 2.46. The second-order valence-electron chi connectivity index (χ2n) is 5.20. The molecule has 1 rings (SSSR count). The van der Waals surface area contributed by atoms with Gasteiger partial charge in [-0.3, -0.25) is 4.79 Å². The van der Waals surface area contributed by atoms with Crippen molar-refractivity contribution in [3.05, 3.63) is 0 Å². The highest BCUT2D eigenvalue weighted by atomic mass is 19.1. The molecule has 0 aromatic rings. The Kier molecular flexibility index (Phi) is 4.33. The maximum Gasteiger partial charge on any atom is 0.408 e. The first-order valence-corrected chi connectivity index (χ1v) is 5.74. The number of hydrogen-bond donors (Lipinski definition) is 2. The van der Waals surface area contributed by atoms with Gasteiger partial charge >= 0.3 is 12.1 Å². The van der Waals surface area contributed by atoms with Gasteiger partial charge in [-0.1, -0.05) is 0 Å². The normalized spacial score (nSPS) is 20.5. The number of likely N-dealkylation sites (tertiary alicyclic amines) is 1. The van der Waals surface area contributed by atoms with Gasteiger partial charge in [-0.15, -0.1) is 0 Å². The molecule has 1 heterocycles. The average Bonchev–Trinajstić information content (AvgIpc) is 2.24. The van der Waals surface area contributed by atoms with E-state index in [1.54, 1.807) is 20.8 Å². The van der Waals surface area contributed by atoms with Crippen LogP contribution in [0.4, 0.5) is 9.18 Å². The van der Waals surface area contributed by atoms with Crippen LogP contribution in [0.3, 0.4) is 0 Å². The van der Waals surface area contributed by atoms with Crippen molar-refractivity contribution >= 4 is 18.0 Å². The number of carboxylic acid groups (broad SMARTS) is 1. The van der Waals surface area contributed by atoms with Crippen LogP contribution >= 0.6 is 0 Å². The smallest absolute Gasteiger partial charge is 0.408 e. The summed E-state index contributed by atoms with van der Waals surface area (Å²) in [5.74, 6) is -2.04. The number of ether oxygens (including phenoxy) is 1. The maximum absolute atomic E-state index is 12.5. The molecule has 0 aromatic carbocycles. The van der Waals surface area contributed by atoms with Crippen LogP contribution in [0.1, 0.15) is 20.8 Å². The van der Waals surface area contributed by atoms with Crippen LogP contribution in [0.15, 0.2) is 0 Å². The molecule has 19 heavy (non-hydrogen) atoms. The zero-order valence-electron chi connectivity index (χ0n) is 11.0. The van der Waals surface area contributed by atoms with Crippen LogP contribution in [0.2, 0.25) is 0 Å². The Bertz CT molecular complexity index is 393. The molecule has 1 saturated heterocycles. The Hall–Kier alpha value is -1.86. The number of halogens is 1. The maximum atomic E-state index is 12.5. The van der Waals surface area contributed by atoms with Crippen LogP contribution < -0.4 is 5.32 Å². The van der Waals surface area contributed by atoms with Gasteiger partial charge in [-0.25, -0.2) is 14.0 Å². The minimum atomic E-state index is -1.50. The zero-order valence-corrected chi connectivity index (χ0v) is 11.0. The number of amides is 2. The summed E-state index contributed by atoms with van der Waals surface area (Å²) in [6.45, 7) is 3.81. The molecule has 108 valence electrons. The fourth-order valence-corrected chi connectivity index (χ4v) is 1.57. The predicted octanol–water partition coefficient (Wildman–Crippen LogP) is 0.145. The molecule has 7 nitrogen and oxygen atoms in total. The summed E-state index contributed by atoms with van der Waals surface area (Å²) >= 11 is 0. The van der Waals surface area contributed by atoms with Gasteiger partial charge in [-0.2, -0.15) is 0 Å². The Morgan fingerprint density at radius 3 is 2.53 bits per heavy atom. The Balaban J connectivity index is 2.48. The number of β-lactam (4-membered cyclic amide) rings is 1. The molecule has 0 radical (unpaired) electrons. The third-order valence-corrected chi connectivity index (χ3v) is 2.46. The average molecular weight is 276 g/mol. The first kappa shape index (κ1) is 15.2. The third kappa shape index (κ3) is 3.80. The number of carboxylic acids is 1. The first-order chi connectivity index (χ1) is 8.65. The van der Waals surface area contributed by atoms with E-state index < -0.39 is 42.3 Å². The van der Waals surface area contributed by atoms with E-state index in [1.165, 1.54) is 0 Å². The number of nitrogens with one attached hydrogen (secondary N) is 1. The quantitative estimate of drug-likeness (QED) is 0.712. The monoisotopic (exact) mass is 276 g/mol. The van der Waals surface area contributed by atoms with Crippen molar-refractivity contribution in [2.75, 3.05) is 13.2 Å². The van der Waals surface area contributed by atoms with E-state index in [-0.39, 0.29) is 6.54 Å². The number of carbonyl (C=O) groups excluding carboxylic acids is 2. The van der Waals surface area contributed by atoms with Crippen LogP contribution in [0.5, 0.6) is 0 Å². The number of alkyl carbamates (subject to hydrolysis) is 1. The van der Waals surface area contributed by atoms with Gasteiger partial charge in [0.25, 0.3) is 0 Å². The lowest BCUT2D eigenvalue weighted by atomic mass is 10.0. The van der Waals surface area contributed by atoms with E-state index in [0.29, 0.717) is 0 Å². The van der Waals surface area contributed by atoms with E-state index in [9.17, 15) is 18.8 Å². The number of nitrogens with zero attached hydrogens (tertiary/aromatic N) is 1. The molecule has 1 aliphatic rings. The van der Waals surface area contributed by atoms with Gasteiger partial charge in [0, 0.05) is 0 Å². The molecular weight excluding hydrogens is 259 g/mol. The molecule has 0 aliphatic carbocycles. The Labute approximate surface area is 109 Å². The van der Waals surface area contributed by atoms with Gasteiger partial charge in [0.15, 0.2) is 6.04 Å². The summed E-state index contributed by atoms with van der Waals surface area (Å²) in [6, 6.07) is -2.35. The molecule has 2 amide bonds. The molecule has 8 heteroatoms. The predicted molar refractivity (Wildman–Crippen MR) is 62.3 cm³/mol. The number of hydrogen-bond acceptors (Lipinski definition) is 4. The largest absolute Gasteiger partial charge is 0.480 e. The van der Waals surface area contributed by atoms with Crippen LogP contribution in [0, 0.1) is 0 Å². The van der Waals surface area contributed by atoms with Crippen LogP contribution in [0.25, 0.3) is 0 Å². The summed E-state index contributed by atoms with van der Waals surface area (Å²) in [5.41, 5.74) is -0.695. The lowest BCUT2D eigenvalue weighted by Gasteiger charge is -2.41. The Morgan fingerprint density at radius 2 is 2.16 bits per heavy atom. The molecule has 0 saturated carbocycles.